The average Bonchev–Trinajstić information content (AvgIpc) is 3.65. The van der Waals surface area contributed by atoms with Gasteiger partial charge in [0.05, 0.1) is 57.1 Å². The summed E-state index contributed by atoms with van der Waals surface area (Å²) in [4.78, 5) is 48.0. The van der Waals surface area contributed by atoms with E-state index in [0.717, 1.165) is 20.2 Å². The zero-order valence-electron chi connectivity index (χ0n) is 26.4. The Morgan fingerprint density at radius 2 is 1.02 bits per heavy atom. The van der Waals surface area contributed by atoms with Crippen LogP contribution in [-0.4, -0.2) is 74.5 Å². The number of carbonyl (C=O) groups excluding carboxylic acids is 4. The molecule has 1 N–H and O–H groups in total. The lowest BCUT2D eigenvalue weighted by molar-refractivity contribution is -0.143. The van der Waals surface area contributed by atoms with Gasteiger partial charge in [0.15, 0.2) is 34.6 Å². The van der Waals surface area contributed by atoms with E-state index in [4.69, 9.17) is 53.8 Å². The third kappa shape index (κ3) is 13.0. The maximum absolute atomic E-state index is 12.2. The van der Waals surface area contributed by atoms with E-state index in [9.17, 15) is 24.3 Å². The van der Waals surface area contributed by atoms with Gasteiger partial charge >= 0.3 is 23.3 Å². The van der Waals surface area contributed by atoms with Crippen molar-refractivity contribution in [3.05, 3.63) is 46.2 Å². The molecular formula is C31H34AlCl3O10S2. The van der Waals surface area contributed by atoms with Crippen LogP contribution in [0.1, 0.15) is 58.9 Å². The first-order valence-corrected chi connectivity index (χ1v) is 21.0. The van der Waals surface area contributed by atoms with Crippen LogP contribution in [0.15, 0.2) is 36.4 Å². The number of rotatable bonds is 13. The lowest BCUT2D eigenvalue weighted by atomic mass is 10.1. The number of esters is 2. The van der Waals surface area contributed by atoms with E-state index in [-0.39, 0.29) is 54.9 Å². The number of carbonyl (C=O) groups is 4. The first-order chi connectivity index (χ1) is 22.4. The maximum Gasteiger partial charge on any atom is 0.643 e. The Morgan fingerprint density at radius 3 is 1.43 bits per heavy atom. The summed E-state index contributed by atoms with van der Waals surface area (Å²) in [7, 11) is 19.4. The molecule has 0 spiro atoms. The molecule has 10 nitrogen and oxygen atoms in total. The molecule has 4 aromatic rings. The van der Waals surface area contributed by atoms with Crippen molar-refractivity contribution in [1.29, 1.82) is 0 Å². The number of Topliss-reactive ketones (excluding diaryl/α,β-unsaturated/α-hetero) is 2. The number of methoxy groups -OCH3 is 3. The summed E-state index contributed by atoms with van der Waals surface area (Å²) in [6.07, 6.45) is 0.456. The van der Waals surface area contributed by atoms with Crippen LogP contribution in [0.25, 0.3) is 20.2 Å². The van der Waals surface area contributed by atoms with Gasteiger partial charge in [-0.05, 0) is 48.9 Å². The first kappa shape index (κ1) is 40.4. The van der Waals surface area contributed by atoms with Crippen molar-refractivity contribution >= 4 is 108 Å². The van der Waals surface area contributed by atoms with Crippen molar-refractivity contribution in [1.82, 2.24) is 0 Å². The predicted molar refractivity (Wildman–Crippen MR) is 189 cm³/mol. The zero-order valence-corrected chi connectivity index (χ0v) is 31.4. The second-order valence-corrected chi connectivity index (χ2v) is 17.8. The summed E-state index contributed by atoms with van der Waals surface area (Å²) in [6.45, 7) is 4.11. The number of halogens is 3. The number of thiophene rings is 2. The third-order valence-electron chi connectivity index (χ3n) is 6.11. The van der Waals surface area contributed by atoms with Crippen LogP contribution in [0.2, 0.25) is 0 Å². The molecule has 0 saturated carbocycles. The molecule has 0 aliphatic carbocycles. The highest BCUT2D eigenvalue weighted by Gasteiger charge is 2.16. The smallest absolute Gasteiger partial charge is 0.504 e. The standard InChI is InChI=1S/C16H18O5S.C15H16O5S.Al.3ClH/c1-4-21-16(18)6-5-11(17)15-8-10-7-12(19-2)13(20-3)9-14(10)22-15;1-3-20-15(18)5-4-10(16)14-7-9-6-12(19-2)11(17)8-13(9)21-14;;;;/h7-9H,4-6H2,1-3H3;6-8,17H,3-5H2,1-2H3;;3*1H/q;;+3;;;/p-3. The Kier molecular flexibility index (Phi) is 17.7. The fourth-order valence-corrected chi connectivity index (χ4v) is 6.09. The van der Waals surface area contributed by atoms with Gasteiger partial charge in [-0.2, -0.15) is 0 Å². The van der Waals surface area contributed by atoms with Crippen molar-refractivity contribution < 1.29 is 48.0 Å². The molecule has 0 atom stereocenters. The van der Waals surface area contributed by atoms with Crippen molar-refractivity contribution in [2.24, 2.45) is 0 Å². The fraction of sp³-hybridized carbons (Fsp3) is 0.355. The van der Waals surface area contributed by atoms with Gasteiger partial charge in [-0.3, -0.25) is 19.2 Å². The number of phenols is 1. The molecule has 2 heterocycles. The summed E-state index contributed by atoms with van der Waals surface area (Å²) in [5.41, 5.74) is 0. The predicted octanol–water partition coefficient (Wildman–Crippen LogP) is 8.27. The molecule has 16 heteroatoms. The summed E-state index contributed by atoms with van der Waals surface area (Å²) in [6, 6.07) is 10.5. The molecule has 254 valence electrons. The molecule has 0 aliphatic rings. The second kappa shape index (κ2) is 20.6. The number of ether oxygens (including phenoxy) is 5. The Balaban J connectivity index is 0.000000294. The largest absolute Gasteiger partial charge is 0.643 e. The highest BCUT2D eigenvalue weighted by molar-refractivity contribution is 7.54. The molecule has 0 bridgehead atoms. The lowest BCUT2D eigenvalue weighted by Crippen LogP contribution is -2.07. The highest BCUT2D eigenvalue weighted by Crippen LogP contribution is 2.37. The number of fused-ring (bicyclic) bond motifs is 2. The molecule has 0 unspecified atom stereocenters. The zero-order chi connectivity index (χ0) is 35.1. The Bertz CT molecular complexity index is 1630. The van der Waals surface area contributed by atoms with E-state index in [1.807, 2.05) is 18.2 Å². The maximum atomic E-state index is 12.2. The van der Waals surface area contributed by atoms with Gasteiger partial charge < -0.3 is 28.8 Å². The van der Waals surface area contributed by atoms with Gasteiger partial charge in [0.1, 0.15) is 0 Å². The topological polar surface area (TPSA) is 135 Å². The normalized spacial score (nSPS) is 10.2. The molecule has 0 fully saturated rings. The van der Waals surface area contributed by atoms with Gasteiger partial charge in [-0.25, -0.2) is 30.1 Å². The summed E-state index contributed by atoms with van der Waals surface area (Å²) >= 11 is 0.946. The third-order valence-corrected chi connectivity index (χ3v) is 8.39. The molecule has 2 aromatic heterocycles. The van der Waals surface area contributed by atoms with Crippen LogP contribution in [0.4, 0.5) is 0 Å². The van der Waals surface area contributed by atoms with E-state index in [2.05, 4.69) is 0 Å². The van der Waals surface area contributed by atoms with E-state index >= 15 is 0 Å². The summed E-state index contributed by atoms with van der Waals surface area (Å²) < 4.78 is 26.9. The van der Waals surface area contributed by atoms with E-state index in [1.54, 1.807) is 46.3 Å². The Morgan fingerprint density at radius 1 is 0.638 bits per heavy atom. The van der Waals surface area contributed by atoms with Gasteiger partial charge in [0.25, 0.3) is 0 Å². The Labute approximate surface area is 297 Å². The first-order valence-electron chi connectivity index (χ1n) is 14.1. The van der Waals surface area contributed by atoms with Crippen LogP contribution in [0.5, 0.6) is 23.0 Å². The van der Waals surface area contributed by atoms with Crippen LogP contribution < -0.4 is 14.2 Å². The quantitative estimate of drug-likeness (QED) is 0.0806. The van der Waals surface area contributed by atoms with Crippen molar-refractivity contribution in [2.75, 3.05) is 34.5 Å². The van der Waals surface area contributed by atoms with Crippen LogP contribution in [0, 0.1) is 0 Å². The van der Waals surface area contributed by atoms with Crippen LogP contribution in [0.3, 0.4) is 0 Å². The minimum atomic E-state index is -1.72. The number of hydrogen-bond donors (Lipinski definition) is 1. The molecule has 0 radical (unpaired) electrons. The van der Waals surface area contributed by atoms with Crippen molar-refractivity contribution in [3.63, 3.8) is 0 Å². The van der Waals surface area contributed by atoms with Gasteiger partial charge in [-0.15, -0.1) is 22.7 Å². The number of hydrogen-bond acceptors (Lipinski definition) is 12. The van der Waals surface area contributed by atoms with Crippen molar-refractivity contribution in [3.8, 4) is 23.0 Å². The number of phenolic OH excluding ortho intramolecular Hbond substituents is 1. The summed E-state index contributed by atoms with van der Waals surface area (Å²) in [5.74, 6) is 0.769. The Hall–Kier alpha value is -2.76. The number of benzene rings is 2. The molecule has 0 aliphatic heterocycles. The number of aromatic hydroxyl groups is 1. The number of ketones is 2. The molecule has 0 amide bonds. The SMILES string of the molecule is CCOC(=O)CCC(=O)c1cc2cc(OC)c(O)cc2s1.CCOC(=O)CCC(=O)c1cc2cc(OC)c(OC)cc2s1.[Cl][Al]([Cl])[Cl]. The molecule has 4 rings (SSSR count). The van der Waals surface area contributed by atoms with E-state index < -0.39 is 11.4 Å². The molecule has 0 saturated heterocycles. The second-order valence-electron chi connectivity index (χ2n) is 9.23. The van der Waals surface area contributed by atoms with Gasteiger partial charge in [0.2, 0.25) is 0 Å². The molecular weight excluding hydrogens is 730 g/mol. The molecule has 47 heavy (non-hydrogen) atoms. The monoisotopic (exact) mass is 762 g/mol. The summed E-state index contributed by atoms with van der Waals surface area (Å²) in [5, 5.41) is 11.5. The fourth-order valence-electron chi connectivity index (χ4n) is 4.00. The van der Waals surface area contributed by atoms with Gasteiger partial charge in [0, 0.05) is 34.4 Å². The van der Waals surface area contributed by atoms with Crippen LogP contribution >= 0.6 is 52.8 Å². The highest BCUT2D eigenvalue weighted by atomic mass is 35.8. The van der Waals surface area contributed by atoms with E-state index in [0.29, 0.717) is 40.2 Å². The lowest BCUT2D eigenvalue weighted by Gasteiger charge is -2.06. The average molecular weight is 764 g/mol. The minimum absolute atomic E-state index is 0.0392. The van der Waals surface area contributed by atoms with Crippen LogP contribution in [-0.2, 0) is 19.1 Å². The van der Waals surface area contributed by atoms with E-state index in [1.165, 1.54) is 29.8 Å². The molecule has 2 aromatic carbocycles. The van der Waals surface area contributed by atoms with Gasteiger partial charge in [-0.1, -0.05) is 0 Å². The van der Waals surface area contributed by atoms with Crippen molar-refractivity contribution in [2.45, 2.75) is 39.5 Å². The minimum Gasteiger partial charge on any atom is -0.504 e.